The van der Waals surface area contributed by atoms with Crippen LogP contribution in [0.2, 0.25) is 0 Å². The van der Waals surface area contributed by atoms with Crippen LogP contribution in [0.15, 0.2) is 134 Å². The van der Waals surface area contributed by atoms with Crippen molar-refractivity contribution in [2.45, 2.75) is 36.1 Å². The van der Waals surface area contributed by atoms with Crippen LogP contribution >= 0.6 is 0 Å². The molecule has 3 aliphatic rings. The number of nitrogens with one attached hydrogen (secondary N) is 2. The smallest absolute Gasteiger partial charge is 0.324 e. The highest BCUT2D eigenvalue weighted by atomic mass is 16.6. The van der Waals surface area contributed by atoms with Gasteiger partial charge in [0.1, 0.15) is 29.9 Å². The fourth-order valence-corrected chi connectivity index (χ4v) is 8.43. The molecule has 3 aliphatic heterocycles. The lowest BCUT2D eigenvalue weighted by molar-refractivity contribution is -0.178. The first-order chi connectivity index (χ1) is 25.5. The summed E-state index contributed by atoms with van der Waals surface area (Å²) in [6.07, 6.45) is 1.43. The quantitative estimate of drug-likeness (QED) is 0.173. The molecule has 0 saturated carbocycles. The molecule has 8 rings (SSSR count). The molecule has 1 spiro atoms. The molecule has 6 atom stereocenters. The maximum Gasteiger partial charge on any atom is 0.324 e. The molecular formula is C42H38N4O6. The van der Waals surface area contributed by atoms with Crippen LogP contribution in [0.25, 0.3) is 0 Å². The zero-order valence-corrected chi connectivity index (χ0v) is 28.3. The number of esters is 1. The van der Waals surface area contributed by atoms with E-state index in [1.807, 2.05) is 115 Å². The van der Waals surface area contributed by atoms with Crippen molar-refractivity contribution in [3.63, 3.8) is 0 Å². The third-order valence-corrected chi connectivity index (χ3v) is 10.5. The Hall–Kier alpha value is -5.84. The predicted octanol–water partition coefficient (Wildman–Crippen LogP) is 5.08. The van der Waals surface area contributed by atoms with Crippen LogP contribution in [0.4, 0.5) is 5.69 Å². The van der Waals surface area contributed by atoms with E-state index in [2.05, 4.69) is 20.5 Å². The van der Waals surface area contributed by atoms with Gasteiger partial charge in [-0.15, -0.1) is 0 Å². The third-order valence-electron chi connectivity index (χ3n) is 10.5. The minimum absolute atomic E-state index is 0.123. The van der Waals surface area contributed by atoms with Gasteiger partial charge in [0.15, 0.2) is 0 Å². The Morgan fingerprint density at radius 3 is 2.23 bits per heavy atom. The number of anilines is 1. The molecule has 52 heavy (non-hydrogen) atoms. The van der Waals surface area contributed by atoms with E-state index in [1.54, 1.807) is 18.3 Å². The van der Waals surface area contributed by atoms with Crippen molar-refractivity contribution in [2.24, 2.45) is 5.92 Å². The highest BCUT2D eigenvalue weighted by Crippen LogP contribution is 2.64. The minimum atomic E-state index is -1.54. The second-order valence-electron chi connectivity index (χ2n) is 13.3. The molecule has 0 radical (unpaired) electrons. The molecule has 1 aromatic heterocycles. The first kappa shape index (κ1) is 33.3. The van der Waals surface area contributed by atoms with Gasteiger partial charge in [0.25, 0.3) is 0 Å². The van der Waals surface area contributed by atoms with Crippen molar-refractivity contribution in [2.75, 3.05) is 25.1 Å². The summed E-state index contributed by atoms with van der Waals surface area (Å²) in [5.41, 5.74) is 2.89. The maximum atomic E-state index is 15.0. The number of aromatic nitrogens is 1. The summed E-state index contributed by atoms with van der Waals surface area (Å²) in [5.74, 6) is -2.00. The molecule has 0 aliphatic carbocycles. The molecule has 4 aromatic carbocycles. The SMILES string of the molecule is O=C1OC(c2ccccc2)C(c2ccccc2)N2C1C(C(=O)NCCc1ccccn1)C1(C(=O)Nc3ccccc31)C2c1ccc(OCCO)cc1. The highest BCUT2D eigenvalue weighted by Gasteiger charge is 2.73. The second kappa shape index (κ2) is 14.1. The summed E-state index contributed by atoms with van der Waals surface area (Å²) < 4.78 is 12.1. The van der Waals surface area contributed by atoms with Crippen LogP contribution in [-0.2, 0) is 31.0 Å². The summed E-state index contributed by atoms with van der Waals surface area (Å²) in [6.45, 7) is 0.237. The van der Waals surface area contributed by atoms with E-state index in [9.17, 15) is 19.5 Å². The van der Waals surface area contributed by atoms with Crippen molar-refractivity contribution < 1.29 is 29.0 Å². The lowest BCUT2D eigenvalue weighted by atomic mass is 9.65. The molecule has 2 saturated heterocycles. The summed E-state index contributed by atoms with van der Waals surface area (Å²) in [4.78, 5) is 51.1. The Balaban J connectivity index is 1.34. The van der Waals surface area contributed by atoms with Crippen molar-refractivity contribution in [1.82, 2.24) is 15.2 Å². The molecule has 10 nitrogen and oxygen atoms in total. The van der Waals surface area contributed by atoms with Crippen LogP contribution in [0, 0.1) is 5.92 Å². The number of morpholine rings is 1. The van der Waals surface area contributed by atoms with Crippen molar-refractivity contribution in [1.29, 1.82) is 0 Å². The minimum Gasteiger partial charge on any atom is -0.491 e. The predicted molar refractivity (Wildman–Crippen MR) is 193 cm³/mol. The summed E-state index contributed by atoms with van der Waals surface area (Å²) in [5, 5.41) is 15.6. The number of aliphatic hydroxyl groups is 1. The number of ether oxygens (including phenoxy) is 2. The number of para-hydroxylation sites is 1. The topological polar surface area (TPSA) is 130 Å². The number of aliphatic hydroxyl groups excluding tert-OH is 1. The van der Waals surface area contributed by atoms with E-state index in [0.29, 0.717) is 23.4 Å². The van der Waals surface area contributed by atoms with Crippen molar-refractivity contribution in [3.05, 3.63) is 162 Å². The first-order valence-corrected chi connectivity index (χ1v) is 17.5. The number of carbonyl (C=O) groups excluding carboxylic acids is 3. The Kier molecular flexibility index (Phi) is 9.00. The van der Waals surface area contributed by atoms with E-state index in [-0.39, 0.29) is 25.7 Å². The fraction of sp³-hybridized carbons (Fsp3) is 0.238. The number of carbonyl (C=O) groups is 3. The van der Waals surface area contributed by atoms with Gasteiger partial charge in [-0.3, -0.25) is 24.3 Å². The molecule has 3 N–H and O–H groups in total. The first-order valence-electron chi connectivity index (χ1n) is 17.5. The van der Waals surface area contributed by atoms with Gasteiger partial charge >= 0.3 is 5.97 Å². The monoisotopic (exact) mass is 694 g/mol. The van der Waals surface area contributed by atoms with E-state index in [0.717, 1.165) is 22.4 Å². The van der Waals surface area contributed by atoms with E-state index < -0.39 is 47.4 Å². The normalized spacial score (nSPS) is 24.8. The molecule has 2 amide bonds. The van der Waals surface area contributed by atoms with Crippen LogP contribution in [0.5, 0.6) is 5.75 Å². The molecule has 5 aromatic rings. The Bertz CT molecular complexity index is 2060. The zero-order chi connectivity index (χ0) is 35.7. The average Bonchev–Trinajstić information content (AvgIpc) is 3.67. The van der Waals surface area contributed by atoms with Crippen LogP contribution in [0.3, 0.4) is 0 Å². The third kappa shape index (κ3) is 5.60. The molecule has 2 fully saturated rings. The van der Waals surface area contributed by atoms with Gasteiger partial charge in [-0.25, -0.2) is 0 Å². The van der Waals surface area contributed by atoms with Gasteiger partial charge in [-0.2, -0.15) is 0 Å². The van der Waals surface area contributed by atoms with Gasteiger partial charge < -0.3 is 25.2 Å². The summed E-state index contributed by atoms with van der Waals surface area (Å²) in [7, 11) is 0. The molecule has 262 valence electrons. The largest absolute Gasteiger partial charge is 0.491 e. The molecule has 10 heteroatoms. The number of rotatable bonds is 10. The lowest BCUT2D eigenvalue weighted by Gasteiger charge is -2.46. The number of cyclic esters (lactones) is 1. The van der Waals surface area contributed by atoms with Crippen molar-refractivity contribution >= 4 is 23.5 Å². The van der Waals surface area contributed by atoms with E-state index in [4.69, 9.17) is 9.47 Å². The fourth-order valence-electron chi connectivity index (χ4n) is 8.43. The number of hydrogen-bond donors (Lipinski definition) is 3. The van der Waals surface area contributed by atoms with E-state index in [1.165, 1.54) is 0 Å². The molecule has 6 unspecified atom stereocenters. The second-order valence-corrected chi connectivity index (χ2v) is 13.3. The standard InChI is InChI=1S/C42H38N4O6/c47-25-26-51-31-20-18-29(19-21-31)38-42(32-16-7-8-17-33(32)45-41(42)50)34(39(48)44-24-22-30-15-9-10-23-43-30)36-40(49)52-37(28-13-5-2-6-14-28)35(46(36)38)27-11-3-1-4-12-27/h1-21,23,34-38,47H,22,24-26H2,(H,44,48)(H,45,50). The Morgan fingerprint density at radius 1 is 0.827 bits per heavy atom. The number of fused-ring (bicyclic) bond motifs is 3. The zero-order valence-electron chi connectivity index (χ0n) is 28.3. The Morgan fingerprint density at radius 2 is 1.52 bits per heavy atom. The molecule has 0 bridgehead atoms. The van der Waals surface area contributed by atoms with Crippen LogP contribution < -0.4 is 15.4 Å². The van der Waals surface area contributed by atoms with Gasteiger partial charge in [0, 0.05) is 30.5 Å². The molecule has 4 heterocycles. The maximum absolute atomic E-state index is 15.0. The van der Waals surface area contributed by atoms with Gasteiger partial charge in [0.2, 0.25) is 11.8 Å². The summed E-state index contributed by atoms with van der Waals surface area (Å²) >= 11 is 0. The van der Waals surface area contributed by atoms with Crippen LogP contribution in [-0.4, -0.2) is 58.6 Å². The number of pyridine rings is 1. The lowest BCUT2D eigenvalue weighted by Crippen LogP contribution is -2.55. The van der Waals surface area contributed by atoms with Gasteiger partial charge in [-0.05, 0) is 52.6 Å². The van der Waals surface area contributed by atoms with E-state index >= 15 is 0 Å². The van der Waals surface area contributed by atoms with Gasteiger partial charge in [-0.1, -0.05) is 97.1 Å². The number of benzene rings is 4. The van der Waals surface area contributed by atoms with Crippen molar-refractivity contribution in [3.8, 4) is 5.75 Å². The highest BCUT2D eigenvalue weighted by molar-refractivity contribution is 6.12. The van der Waals surface area contributed by atoms with Crippen LogP contribution in [0.1, 0.15) is 46.1 Å². The average molecular weight is 695 g/mol. The number of amides is 2. The van der Waals surface area contributed by atoms with Gasteiger partial charge in [0.05, 0.1) is 24.6 Å². The Labute approximate surface area is 301 Å². The number of hydrogen-bond acceptors (Lipinski definition) is 8. The number of nitrogens with zero attached hydrogens (tertiary/aromatic N) is 2. The molecular weight excluding hydrogens is 656 g/mol. The summed E-state index contributed by atoms with van der Waals surface area (Å²) in [6, 6.07) is 37.3.